The summed E-state index contributed by atoms with van der Waals surface area (Å²) >= 11 is 6.55. The SMILES string of the molecule is CCOC(=O)C1=C(COCCNC(=O)OC/C=C\COC(=O)OC(C)O[N+](=O)[O-])NC(C)=C(COOC)C1c1ccccc1Cl. The van der Waals surface area contributed by atoms with Gasteiger partial charge < -0.3 is 34.3 Å². The number of dihydropyridines is 1. The van der Waals surface area contributed by atoms with Crippen molar-refractivity contribution >= 4 is 29.8 Å². The fraction of sp³-hybridized carbons (Fsp3) is 0.464. The summed E-state index contributed by atoms with van der Waals surface area (Å²) in [6.45, 7) is 4.71. The molecule has 0 fully saturated rings. The Morgan fingerprint density at radius 3 is 2.51 bits per heavy atom. The van der Waals surface area contributed by atoms with Crippen molar-refractivity contribution in [3.63, 3.8) is 0 Å². The number of alkyl carbamates (subject to hydrolysis) is 1. The lowest BCUT2D eigenvalue weighted by molar-refractivity contribution is -0.777. The van der Waals surface area contributed by atoms with Gasteiger partial charge in [0.2, 0.25) is 6.29 Å². The Bertz CT molecular complexity index is 1270. The second-order valence-electron chi connectivity index (χ2n) is 8.90. The first-order valence-electron chi connectivity index (χ1n) is 13.6. The van der Waals surface area contributed by atoms with Crippen LogP contribution in [0.3, 0.4) is 0 Å². The monoisotopic (exact) mass is 657 g/mol. The number of ether oxygens (including phenoxy) is 5. The molecule has 248 valence electrons. The normalized spacial score (nSPS) is 15.3. The van der Waals surface area contributed by atoms with Crippen molar-refractivity contribution < 1.29 is 57.8 Å². The lowest BCUT2D eigenvalue weighted by Gasteiger charge is -2.32. The molecule has 2 atom stereocenters. The number of benzene rings is 1. The van der Waals surface area contributed by atoms with Crippen LogP contribution in [0.4, 0.5) is 9.59 Å². The second-order valence-corrected chi connectivity index (χ2v) is 9.30. The molecule has 16 nitrogen and oxygen atoms in total. The van der Waals surface area contributed by atoms with Gasteiger partial charge >= 0.3 is 18.2 Å². The van der Waals surface area contributed by atoms with Crippen molar-refractivity contribution in [3.8, 4) is 0 Å². The molecular formula is C28H36ClN3O13. The molecule has 2 unspecified atom stereocenters. The topological polar surface area (TPSA) is 192 Å². The number of carbonyl (C=O) groups is 3. The smallest absolute Gasteiger partial charge is 0.463 e. The van der Waals surface area contributed by atoms with Crippen LogP contribution in [0.2, 0.25) is 5.02 Å². The number of allylic oxidation sites excluding steroid dienone is 1. The molecule has 1 heterocycles. The molecule has 0 radical (unpaired) electrons. The first-order valence-corrected chi connectivity index (χ1v) is 14.0. The number of nitrogens with zero attached hydrogens (tertiary/aromatic N) is 1. The molecule has 45 heavy (non-hydrogen) atoms. The number of nitrogens with one attached hydrogen (secondary N) is 2. The summed E-state index contributed by atoms with van der Waals surface area (Å²) < 4.78 is 25.3. The Balaban J connectivity index is 1.90. The Morgan fingerprint density at radius 2 is 1.84 bits per heavy atom. The van der Waals surface area contributed by atoms with E-state index in [1.807, 2.05) is 19.1 Å². The lowest BCUT2D eigenvalue weighted by Crippen LogP contribution is -2.34. The van der Waals surface area contributed by atoms with Gasteiger partial charge in [0.15, 0.2) is 0 Å². The fourth-order valence-corrected chi connectivity index (χ4v) is 4.25. The molecule has 1 aromatic rings. The van der Waals surface area contributed by atoms with E-state index in [1.54, 1.807) is 19.1 Å². The van der Waals surface area contributed by atoms with Gasteiger partial charge in [-0.15, -0.1) is 10.1 Å². The number of esters is 1. The standard InChI is InChI=1S/C28H36ClN3O13/c1-5-40-26(33)25-23(31-18(2)21(16-43-38-4)24(25)20-10-6-7-11-22(20)29)17-39-15-12-30-27(34)41-13-8-9-14-42-28(35)44-19(3)45-32(36)37/h6-11,19,24,31H,5,12-17H2,1-4H3,(H,30,34)/b9-8-. The van der Waals surface area contributed by atoms with E-state index in [1.165, 1.54) is 19.3 Å². The predicted molar refractivity (Wildman–Crippen MR) is 156 cm³/mol. The Morgan fingerprint density at radius 1 is 1.13 bits per heavy atom. The summed E-state index contributed by atoms with van der Waals surface area (Å²) in [4.78, 5) is 60.7. The van der Waals surface area contributed by atoms with E-state index in [-0.39, 0.29) is 46.2 Å². The van der Waals surface area contributed by atoms with Crippen LogP contribution >= 0.6 is 11.6 Å². The van der Waals surface area contributed by atoms with Crippen LogP contribution in [0.1, 0.15) is 32.3 Å². The molecule has 2 N–H and O–H groups in total. The minimum atomic E-state index is -1.43. The third-order valence-corrected chi connectivity index (χ3v) is 6.20. The van der Waals surface area contributed by atoms with Gasteiger partial charge in [-0.3, -0.25) is 4.84 Å². The number of hydrogen-bond donors (Lipinski definition) is 2. The first-order chi connectivity index (χ1) is 21.6. The fourth-order valence-electron chi connectivity index (χ4n) is 4.01. The Hall–Kier alpha value is -4.38. The first kappa shape index (κ1) is 36.8. The predicted octanol–water partition coefficient (Wildman–Crippen LogP) is 3.70. The Kier molecular flexibility index (Phi) is 16.2. The van der Waals surface area contributed by atoms with Gasteiger partial charge in [-0.2, -0.15) is 0 Å². The number of carbonyl (C=O) groups excluding carboxylic acids is 3. The van der Waals surface area contributed by atoms with Gasteiger partial charge in [0.1, 0.15) is 19.8 Å². The molecule has 0 saturated heterocycles. The highest BCUT2D eigenvalue weighted by molar-refractivity contribution is 6.31. The van der Waals surface area contributed by atoms with E-state index in [4.69, 9.17) is 35.6 Å². The third kappa shape index (κ3) is 12.6. The highest BCUT2D eigenvalue weighted by Crippen LogP contribution is 2.41. The van der Waals surface area contributed by atoms with Gasteiger partial charge in [0, 0.05) is 23.2 Å². The van der Waals surface area contributed by atoms with Crippen molar-refractivity contribution in [3.05, 3.63) is 79.7 Å². The molecule has 0 aliphatic carbocycles. The van der Waals surface area contributed by atoms with Gasteiger partial charge in [-0.25, -0.2) is 24.2 Å². The number of hydrogen-bond acceptors (Lipinski definition) is 14. The van der Waals surface area contributed by atoms with Crippen LogP contribution in [0.25, 0.3) is 0 Å². The van der Waals surface area contributed by atoms with Crippen LogP contribution in [-0.2, 0) is 43.1 Å². The zero-order valence-corrected chi connectivity index (χ0v) is 26.0. The molecule has 2 rings (SSSR count). The lowest BCUT2D eigenvalue weighted by atomic mass is 9.80. The zero-order chi connectivity index (χ0) is 33.2. The largest absolute Gasteiger partial charge is 0.510 e. The molecule has 1 aromatic carbocycles. The van der Waals surface area contributed by atoms with Gasteiger partial charge in [0.25, 0.3) is 5.09 Å². The van der Waals surface area contributed by atoms with Crippen LogP contribution in [0, 0.1) is 10.1 Å². The zero-order valence-electron chi connectivity index (χ0n) is 25.2. The minimum absolute atomic E-state index is 0.0102. The molecular weight excluding hydrogens is 622 g/mol. The summed E-state index contributed by atoms with van der Waals surface area (Å²) in [5.74, 6) is -1.15. The molecule has 0 bridgehead atoms. The van der Waals surface area contributed by atoms with Crippen LogP contribution in [-0.4, -0.2) is 82.9 Å². The quantitative estimate of drug-likeness (QED) is 0.0339. The Labute approximate surface area is 264 Å². The minimum Gasteiger partial charge on any atom is -0.463 e. The van der Waals surface area contributed by atoms with Gasteiger partial charge in [-0.05, 0) is 50.1 Å². The molecule has 0 aromatic heterocycles. The molecule has 0 saturated carbocycles. The maximum Gasteiger partial charge on any atom is 0.510 e. The van der Waals surface area contributed by atoms with Crippen LogP contribution in [0.5, 0.6) is 0 Å². The van der Waals surface area contributed by atoms with Crippen molar-refractivity contribution in [1.82, 2.24) is 10.6 Å². The van der Waals surface area contributed by atoms with Gasteiger partial charge in [-0.1, -0.05) is 29.8 Å². The van der Waals surface area contributed by atoms with E-state index in [0.717, 1.165) is 18.2 Å². The van der Waals surface area contributed by atoms with Crippen molar-refractivity contribution in [2.75, 3.05) is 53.3 Å². The maximum absolute atomic E-state index is 13.2. The van der Waals surface area contributed by atoms with E-state index in [9.17, 15) is 24.5 Å². The van der Waals surface area contributed by atoms with Crippen LogP contribution < -0.4 is 10.6 Å². The van der Waals surface area contributed by atoms with Crippen LogP contribution in [0.15, 0.2) is 59.0 Å². The summed E-state index contributed by atoms with van der Waals surface area (Å²) in [6, 6.07) is 7.16. The average Bonchev–Trinajstić information content (AvgIpc) is 2.97. The molecule has 17 heteroatoms. The maximum atomic E-state index is 13.2. The summed E-state index contributed by atoms with van der Waals surface area (Å²) in [7, 11) is 1.39. The molecule has 1 amide bonds. The average molecular weight is 658 g/mol. The van der Waals surface area contributed by atoms with Gasteiger partial charge in [0.05, 0.1) is 38.2 Å². The second kappa shape index (κ2) is 19.8. The van der Waals surface area contributed by atoms with E-state index in [0.29, 0.717) is 21.9 Å². The summed E-state index contributed by atoms with van der Waals surface area (Å²) in [5, 5.41) is 15.3. The molecule has 1 aliphatic rings. The van der Waals surface area contributed by atoms with Crippen molar-refractivity contribution in [1.29, 1.82) is 0 Å². The number of halogens is 1. The third-order valence-electron chi connectivity index (χ3n) is 5.86. The van der Waals surface area contributed by atoms with E-state index >= 15 is 0 Å². The highest BCUT2D eigenvalue weighted by Gasteiger charge is 2.36. The van der Waals surface area contributed by atoms with E-state index < -0.39 is 35.5 Å². The van der Waals surface area contributed by atoms with Crippen molar-refractivity contribution in [2.24, 2.45) is 0 Å². The summed E-state index contributed by atoms with van der Waals surface area (Å²) in [5.41, 5.74) is 2.89. The molecule has 1 aliphatic heterocycles. The number of amides is 1. The number of rotatable bonds is 18. The highest BCUT2D eigenvalue weighted by atomic mass is 35.5. The molecule has 0 spiro atoms. The van der Waals surface area contributed by atoms with Crippen molar-refractivity contribution in [2.45, 2.75) is 33.0 Å². The van der Waals surface area contributed by atoms with E-state index in [2.05, 4.69) is 24.9 Å². The summed E-state index contributed by atoms with van der Waals surface area (Å²) in [6.07, 6.45) is -0.537.